The average molecular weight is 230 g/mol. The predicted molar refractivity (Wildman–Crippen MR) is 57.4 cm³/mol. The summed E-state index contributed by atoms with van der Waals surface area (Å²) in [4.78, 5) is 11.5. The third kappa shape index (κ3) is 2.68. The maximum absolute atomic E-state index is 11.5. The first kappa shape index (κ1) is 12.0. The number of ketones is 1. The van der Waals surface area contributed by atoms with Crippen LogP contribution in [-0.4, -0.2) is 30.6 Å². The van der Waals surface area contributed by atoms with Gasteiger partial charge in [0, 0.05) is 12.1 Å². The van der Waals surface area contributed by atoms with Crippen LogP contribution in [0.25, 0.3) is 0 Å². The molecule has 15 heavy (non-hydrogen) atoms. The van der Waals surface area contributed by atoms with E-state index >= 15 is 0 Å². The standard InChI is InChI=1S/C10H12ClNO3/c1-15-6-2-3-7(8(11)4-6)10(14)9(13)5-12/h2-4,9,13H,5,12H2,1H3. The van der Waals surface area contributed by atoms with E-state index in [2.05, 4.69) is 0 Å². The van der Waals surface area contributed by atoms with E-state index in [1.165, 1.54) is 19.2 Å². The first-order valence-electron chi connectivity index (χ1n) is 4.36. The van der Waals surface area contributed by atoms with Gasteiger partial charge in [-0.2, -0.15) is 0 Å². The van der Waals surface area contributed by atoms with Gasteiger partial charge < -0.3 is 15.6 Å². The highest BCUT2D eigenvalue weighted by atomic mass is 35.5. The van der Waals surface area contributed by atoms with Crippen molar-refractivity contribution in [2.45, 2.75) is 6.10 Å². The van der Waals surface area contributed by atoms with Crippen molar-refractivity contribution < 1.29 is 14.6 Å². The summed E-state index contributed by atoms with van der Waals surface area (Å²) in [7, 11) is 1.50. The van der Waals surface area contributed by atoms with Crippen molar-refractivity contribution in [3.63, 3.8) is 0 Å². The Bertz CT molecular complexity index is 368. The quantitative estimate of drug-likeness (QED) is 0.751. The van der Waals surface area contributed by atoms with Crippen LogP contribution in [0.5, 0.6) is 5.75 Å². The zero-order valence-corrected chi connectivity index (χ0v) is 8.99. The van der Waals surface area contributed by atoms with Crippen LogP contribution in [0.15, 0.2) is 18.2 Å². The topological polar surface area (TPSA) is 72.5 Å². The predicted octanol–water partition coefficient (Wildman–Crippen LogP) is 0.851. The van der Waals surface area contributed by atoms with Crippen LogP contribution in [0.2, 0.25) is 5.02 Å². The Morgan fingerprint density at radius 1 is 1.67 bits per heavy atom. The fourth-order valence-corrected chi connectivity index (χ4v) is 1.37. The third-order valence-corrected chi connectivity index (χ3v) is 2.28. The van der Waals surface area contributed by atoms with Crippen LogP contribution in [0.3, 0.4) is 0 Å². The second kappa shape index (κ2) is 5.11. The molecule has 0 saturated heterocycles. The van der Waals surface area contributed by atoms with Crippen LogP contribution in [-0.2, 0) is 0 Å². The Morgan fingerprint density at radius 3 is 2.80 bits per heavy atom. The van der Waals surface area contributed by atoms with Crippen LogP contribution in [0.1, 0.15) is 10.4 Å². The molecule has 5 heteroatoms. The Morgan fingerprint density at radius 2 is 2.33 bits per heavy atom. The lowest BCUT2D eigenvalue weighted by molar-refractivity contribution is 0.0763. The molecule has 1 aromatic rings. The number of carbonyl (C=O) groups is 1. The van der Waals surface area contributed by atoms with Crippen molar-refractivity contribution >= 4 is 17.4 Å². The molecule has 0 bridgehead atoms. The summed E-state index contributed by atoms with van der Waals surface area (Å²) in [6.07, 6.45) is -1.21. The lowest BCUT2D eigenvalue weighted by Gasteiger charge is -2.09. The van der Waals surface area contributed by atoms with Crippen molar-refractivity contribution in [2.24, 2.45) is 5.73 Å². The number of Topliss-reactive ketones (excluding diaryl/α,β-unsaturated/α-hetero) is 1. The van der Waals surface area contributed by atoms with E-state index in [1.54, 1.807) is 6.07 Å². The van der Waals surface area contributed by atoms with Gasteiger partial charge >= 0.3 is 0 Å². The van der Waals surface area contributed by atoms with E-state index in [1.807, 2.05) is 0 Å². The number of aliphatic hydroxyl groups is 1. The van der Waals surface area contributed by atoms with E-state index in [0.29, 0.717) is 5.75 Å². The van der Waals surface area contributed by atoms with Crippen molar-refractivity contribution in [3.05, 3.63) is 28.8 Å². The molecule has 82 valence electrons. The zero-order valence-electron chi connectivity index (χ0n) is 8.24. The highest BCUT2D eigenvalue weighted by Gasteiger charge is 2.18. The average Bonchev–Trinajstić information content (AvgIpc) is 2.26. The molecule has 1 aromatic carbocycles. The van der Waals surface area contributed by atoms with Crippen molar-refractivity contribution in [2.75, 3.05) is 13.7 Å². The SMILES string of the molecule is COc1ccc(C(=O)C(O)CN)c(Cl)c1. The Kier molecular flexibility index (Phi) is 4.08. The molecule has 0 saturated carbocycles. The second-order valence-corrected chi connectivity index (χ2v) is 3.37. The molecule has 0 radical (unpaired) electrons. The van der Waals surface area contributed by atoms with Crippen LogP contribution >= 0.6 is 11.6 Å². The molecule has 3 N–H and O–H groups in total. The molecular weight excluding hydrogens is 218 g/mol. The Balaban J connectivity index is 3.00. The first-order valence-corrected chi connectivity index (χ1v) is 4.73. The monoisotopic (exact) mass is 229 g/mol. The van der Waals surface area contributed by atoms with Crippen LogP contribution in [0, 0.1) is 0 Å². The van der Waals surface area contributed by atoms with Crippen LogP contribution < -0.4 is 10.5 Å². The van der Waals surface area contributed by atoms with Gasteiger partial charge in [-0.25, -0.2) is 0 Å². The number of aliphatic hydroxyl groups excluding tert-OH is 1. The number of hydrogen-bond donors (Lipinski definition) is 2. The van der Waals surface area contributed by atoms with E-state index in [0.717, 1.165) is 0 Å². The summed E-state index contributed by atoms with van der Waals surface area (Å²) in [5, 5.41) is 9.51. The number of hydrogen-bond acceptors (Lipinski definition) is 4. The smallest absolute Gasteiger partial charge is 0.194 e. The van der Waals surface area contributed by atoms with E-state index < -0.39 is 11.9 Å². The molecular formula is C10H12ClNO3. The Labute approximate surface area is 92.6 Å². The minimum atomic E-state index is -1.21. The maximum atomic E-state index is 11.5. The van der Waals surface area contributed by atoms with E-state index in [9.17, 15) is 9.90 Å². The van der Waals surface area contributed by atoms with Gasteiger partial charge in [0.25, 0.3) is 0 Å². The molecule has 1 unspecified atom stereocenters. The fourth-order valence-electron chi connectivity index (χ4n) is 1.11. The maximum Gasteiger partial charge on any atom is 0.194 e. The molecule has 0 aromatic heterocycles. The van der Waals surface area contributed by atoms with Gasteiger partial charge in [-0.1, -0.05) is 11.6 Å². The zero-order chi connectivity index (χ0) is 11.4. The van der Waals surface area contributed by atoms with Gasteiger partial charge in [0.2, 0.25) is 0 Å². The molecule has 1 rings (SSSR count). The third-order valence-electron chi connectivity index (χ3n) is 1.97. The largest absolute Gasteiger partial charge is 0.497 e. The number of benzene rings is 1. The van der Waals surface area contributed by atoms with Gasteiger partial charge in [0.15, 0.2) is 5.78 Å². The van der Waals surface area contributed by atoms with Crippen LogP contribution in [0.4, 0.5) is 0 Å². The fraction of sp³-hybridized carbons (Fsp3) is 0.300. The second-order valence-electron chi connectivity index (χ2n) is 2.96. The van der Waals surface area contributed by atoms with Crippen molar-refractivity contribution in [3.8, 4) is 5.75 Å². The van der Waals surface area contributed by atoms with E-state index in [-0.39, 0.29) is 17.1 Å². The summed E-state index contributed by atoms with van der Waals surface area (Å²) < 4.78 is 4.93. The number of ether oxygens (including phenoxy) is 1. The molecule has 4 nitrogen and oxygen atoms in total. The summed E-state index contributed by atoms with van der Waals surface area (Å²) in [6.45, 7) is -0.124. The minimum Gasteiger partial charge on any atom is -0.497 e. The molecule has 0 fully saturated rings. The Hall–Kier alpha value is -1.10. The summed E-state index contributed by atoms with van der Waals surface area (Å²) >= 11 is 5.85. The molecule has 0 spiro atoms. The first-order chi connectivity index (χ1) is 7.10. The molecule has 0 aliphatic heterocycles. The number of halogens is 1. The molecule has 1 atom stereocenters. The normalized spacial score (nSPS) is 12.3. The van der Waals surface area contributed by atoms with Gasteiger partial charge in [0.05, 0.1) is 12.1 Å². The minimum absolute atomic E-state index is 0.124. The lowest BCUT2D eigenvalue weighted by atomic mass is 10.1. The number of nitrogens with two attached hydrogens (primary N) is 1. The van der Waals surface area contributed by atoms with Gasteiger partial charge in [-0.3, -0.25) is 4.79 Å². The van der Waals surface area contributed by atoms with Gasteiger partial charge in [0.1, 0.15) is 11.9 Å². The number of carbonyl (C=O) groups excluding carboxylic acids is 1. The number of methoxy groups -OCH3 is 1. The molecule has 0 amide bonds. The van der Waals surface area contributed by atoms with Gasteiger partial charge in [-0.15, -0.1) is 0 Å². The van der Waals surface area contributed by atoms with E-state index in [4.69, 9.17) is 22.1 Å². The lowest BCUT2D eigenvalue weighted by Crippen LogP contribution is -2.29. The molecule has 0 aliphatic carbocycles. The highest BCUT2D eigenvalue weighted by Crippen LogP contribution is 2.23. The summed E-state index contributed by atoms with van der Waals surface area (Å²) in [5.74, 6) is 0.0731. The number of rotatable bonds is 4. The molecule has 0 aliphatic rings. The summed E-state index contributed by atoms with van der Waals surface area (Å²) in [6, 6.07) is 4.61. The van der Waals surface area contributed by atoms with Gasteiger partial charge in [-0.05, 0) is 18.2 Å². The molecule has 0 heterocycles. The highest BCUT2D eigenvalue weighted by molar-refractivity contribution is 6.34. The van der Waals surface area contributed by atoms with Crippen molar-refractivity contribution in [1.82, 2.24) is 0 Å². The van der Waals surface area contributed by atoms with Crippen molar-refractivity contribution in [1.29, 1.82) is 0 Å². The summed E-state index contributed by atoms with van der Waals surface area (Å²) in [5.41, 5.74) is 5.42.